The van der Waals surface area contributed by atoms with Crippen LogP contribution in [0, 0.1) is 15.9 Å². The molecule has 1 amide bonds. The van der Waals surface area contributed by atoms with E-state index in [1.54, 1.807) is 12.1 Å². The number of carbonyl (C=O) groups is 1. The predicted molar refractivity (Wildman–Crippen MR) is 66.9 cm³/mol. The van der Waals surface area contributed by atoms with E-state index in [0.717, 1.165) is 9.13 Å². The molecule has 1 aromatic carbocycles. The highest BCUT2D eigenvalue weighted by atomic mass is 127. The van der Waals surface area contributed by atoms with Crippen LogP contribution in [0.25, 0.3) is 0 Å². The van der Waals surface area contributed by atoms with Gasteiger partial charge in [0.05, 0.1) is 5.02 Å². The highest BCUT2D eigenvalue weighted by molar-refractivity contribution is 14.1. The third kappa shape index (κ3) is 3.01. The van der Waals surface area contributed by atoms with Crippen LogP contribution in [-0.4, -0.2) is 6.09 Å². The fourth-order valence-corrected chi connectivity index (χ4v) is 2.10. The van der Waals surface area contributed by atoms with Crippen molar-refractivity contribution in [3.05, 3.63) is 26.3 Å². The van der Waals surface area contributed by atoms with Crippen LogP contribution in [0.5, 0.6) is 5.75 Å². The van der Waals surface area contributed by atoms with E-state index in [1.807, 2.05) is 0 Å². The normalized spacial score (nSPS) is 9.40. The van der Waals surface area contributed by atoms with Gasteiger partial charge in [-0.3, -0.25) is 0 Å². The zero-order valence-corrected chi connectivity index (χ0v) is 10.5. The standard InChI is InChI=1S/C10H7ClINO2/c1-2-3-6-7(12)4-5-8(9(6)11)15-10(13)14/h1,4-5H,3H2,(H2,13,14). The van der Waals surface area contributed by atoms with E-state index < -0.39 is 6.09 Å². The van der Waals surface area contributed by atoms with Crippen LogP contribution in [-0.2, 0) is 6.42 Å². The number of amides is 1. The van der Waals surface area contributed by atoms with Crippen molar-refractivity contribution in [3.63, 3.8) is 0 Å². The van der Waals surface area contributed by atoms with Crippen molar-refractivity contribution in [2.45, 2.75) is 6.42 Å². The molecule has 0 heterocycles. The van der Waals surface area contributed by atoms with Crippen molar-refractivity contribution in [1.82, 2.24) is 0 Å². The van der Waals surface area contributed by atoms with Crippen LogP contribution in [0.4, 0.5) is 4.79 Å². The molecule has 15 heavy (non-hydrogen) atoms. The summed E-state index contributed by atoms with van der Waals surface area (Å²) in [4.78, 5) is 10.6. The smallest absolute Gasteiger partial charge is 0.409 e. The maximum atomic E-state index is 10.6. The largest absolute Gasteiger partial charge is 0.410 e. The number of terminal acetylenes is 1. The van der Waals surface area contributed by atoms with Gasteiger partial charge < -0.3 is 10.5 Å². The molecule has 0 saturated heterocycles. The number of halogens is 2. The van der Waals surface area contributed by atoms with Crippen molar-refractivity contribution in [2.75, 3.05) is 0 Å². The van der Waals surface area contributed by atoms with E-state index in [1.165, 1.54) is 0 Å². The van der Waals surface area contributed by atoms with Gasteiger partial charge in [0.1, 0.15) is 0 Å². The SMILES string of the molecule is C#CCc1c(I)ccc(OC(N)=O)c1Cl. The lowest BCUT2D eigenvalue weighted by Gasteiger charge is -2.08. The minimum absolute atomic E-state index is 0.231. The molecule has 0 fully saturated rings. The molecule has 0 atom stereocenters. The van der Waals surface area contributed by atoms with Crippen LogP contribution in [0.15, 0.2) is 12.1 Å². The van der Waals surface area contributed by atoms with Gasteiger partial charge in [-0.05, 0) is 40.3 Å². The van der Waals surface area contributed by atoms with E-state index >= 15 is 0 Å². The Bertz CT molecular complexity index is 440. The van der Waals surface area contributed by atoms with Crippen molar-refractivity contribution < 1.29 is 9.53 Å². The summed E-state index contributed by atoms with van der Waals surface area (Å²) in [5.41, 5.74) is 5.66. The Morgan fingerprint density at radius 3 is 2.87 bits per heavy atom. The van der Waals surface area contributed by atoms with Crippen molar-refractivity contribution in [3.8, 4) is 18.1 Å². The van der Waals surface area contributed by atoms with Gasteiger partial charge in [0.25, 0.3) is 0 Å². The zero-order chi connectivity index (χ0) is 11.4. The second-order valence-corrected chi connectivity index (χ2v) is 4.18. The van der Waals surface area contributed by atoms with Gasteiger partial charge >= 0.3 is 6.09 Å². The van der Waals surface area contributed by atoms with Gasteiger partial charge in [0.15, 0.2) is 5.75 Å². The van der Waals surface area contributed by atoms with Crippen LogP contribution >= 0.6 is 34.2 Å². The average Bonchev–Trinajstić information content (AvgIpc) is 2.16. The molecule has 0 aromatic heterocycles. The van der Waals surface area contributed by atoms with Gasteiger partial charge in [-0.2, -0.15) is 0 Å². The van der Waals surface area contributed by atoms with E-state index in [2.05, 4.69) is 28.5 Å². The topological polar surface area (TPSA) is 52.3 Å². The van der Waals surface area contributed by atoms with Crippen LogP contribution in [0.1, 0.15) is 5.56 Å². The summed E-state index contributed by atoms with van der Waals surface area (Å²) >= 11 is 8.11. The summed E-state index contributed by atoms with van der Waals surface area (Å²) in [5, 5.41) is 0.332. The Kier molecular flexibility index (Phi) is 4.24. The molecule has 0 radical (unpaired) electrons. The number of ether oxygens (including phenoxy) is 1. The minimum atomic E-state index is -0.898. The lowest BCUT2D eigenvalue weighted by Crippen LogP contribution is -2.16. The van der Waals surface area contributed by atoms with Crippen LogP contribution < -0.4 is 10.5 Å². The van der Waals surface area contributed by atoms with Crippen LogP contribution in [0.3, 0.4) is 0 Å². The van der Waals surface area contributed by atoms with E-state index in [4.69, 9.17) is 28.5 Å². The summed E-state index contributed by atoms with van der Waals surface area (Å²) in [7, 11) is 0. The van der Waals surface area contributed by atoms with Gasteiger partial charge in [-0.25, -0.2) is 4.79 Å². The summed E-state index contributed by atoms with van der Waals surface area (Å²) in [5.74, 6) is 2.72. The molecule has 3 nitrogen and oxygen atoms in total. The second kappa shape index (κ2) is 5.24. The van der Waals surface area contributed by atoms with Gasteiger partial charge in [-0.15, -0.1) is 12.3 Å². The number of hydrogen-bond donors (Lipinski definition) is 1. The van der Waals surface area contributed by atoms with Crippen molar-refractivity contribution >= 4 is 40.3 Å². The maximum absolute atomic E-state index is 10.6. The lowest BCUT2D eigenvalue weighted by atomic mass is 10.1. The first-order chi connectivity index (χ1) is 7.06. The first-order valence-corrected chi connectivity index (χ1v) is 5.39. The molecule has 1 aromatic rings. The molecular formula is C10H7ClINO2. The fourth-order valence-electron chi connectivity index (χ4n) is 1.03. The van der Waals surface area contributed by atoms with Crippen molar-refractivity contribution in [1.29, 1.82) is 0 Å². The molecule has 0 aliphatic rings. The monoisotopic (exact) mass is 335 g/mol. The van der Waals surface area contributed by atoms with Gasteiger partial charge in [-0.1, -0.05) is 11.6 Å². The van der Waals surface area contributed by atoms with Crippen LogP contribution in [0.2, 0.25) is 5.02 Å². The summed E-state index contributed by atoms with van der Waals surface area (Å²) in [6.45, 7) is 0. The molecule has 0 bridgehead atoms. The van der Waals surface area contributed by atoms with E-state index in [9.17, 15) is 4.79 Å². The minimum Gasteiger partial charge on any atom is -0.409 e. The highest BCUT2D eigenvalue weighted by Crippen LogP contribution is 2.31. The Morgan fingerprint density at radius 1 is 1.67 bits per heavy atom. The Hall–Kier alpha value is -0.930. The highest BCUT2D eigenvalue weighted by Gasteiger charge is 2.12. The molecule has 0 aliphatic carbocycles. The van der Waals surface area contributed by atoms with Gasteiger partial charge in [0.2, 0.25) is 0 Å². The Morgan fingerprint density at radius 2 is 2.33 bits per heavy atom. The average molecular weight is 336 g/mol. The third-order valence-electron chi connectivity index (χ3n) is 1.64. The fraction of sp³-hybridized carbons (Fsp3) is 0.100. The molecular weight excluding hydrogens is 328 g/mol. The first-order valence-electron chi connectivity index (χ1n) is 3.94. The summed E-state index contributed by atoms with van der Waals surface area (Å²) in [6.07, 6.45) is 4.69. The van der Waals surface area contributed by atoms with E-state index in [0.29, 0.717) is 11.4 Å². The number of carbonyl (C=O) groups excluding carboxylic acids is 1. The number of nitrogens with two attached hydrogens (primary N) is 1. The third-order valence-corrected chi connectivity index (χ3v) is 3.07. The molecule has 0 unspecified atom stereocenters. The molecule has 5 heteroatoms. The second-order valence-electron chi connectivity index (χ2n) is 2.64. The number of hydrogen-bond acceptors (Lipinski definition) is 2. The molecule has 78 valence electrons. The number of benzene rings is 1. The molecule has 1 rings (SSSR count). The molecule has 2 N–H and O–H groups in total. The molecule has 0 aliphatic heterocycles. The lowest BCUT2D eigenvalue weighted by molar-refractivity contribution is 0.211. The van der Waals surface area contributed by atoms with Gasteiger partial charge in [0, 0.05) is 9.99 Å². The Balaban J connectivity index is 3.17. The number of rotatable bonds is 2. The summed E-state index contributed by atoms with van der Waals surface area (Å²) < 4.78 is 5.65. The predicted octanol–water partition coefficient (Wildman–Crippen LogP) is 2.58. The van der Waals surface area contributed by atoms with Crippen molar-refractivity contribution in [2.24, 2.45) is 5.73 Å². The maximum Gasteiger partial charge on any atom is 0.410 e. The number of primary amides is 1. The molecule has 0 spiro atoms. The Labute approximate surface area is 106 Å². The zero-order valence-electron chi connectivity index (χ0n) is 7.59. The quantitative estimate of drug-likeness (QED) is 0.667. The van der Waals surface area contributed by atoms with E-state index in [-0.39, 0.29) is 5.75 Å². The summed E-state index contributed by atoms with van der Waals surface area (Å²) in [6, 6.07) is 3.34. The first kappa shape index (κ1) is 12.1. The molecule has 0 saturated carbocycles.